The van der Waals surface area contributed by atoms with Crippen LogP contribution in [0.15, 0.2) is 23.1 Å². The van der Waals surface area contributed by atoms with Crippen molar-refractivity contribution in [2.75, 3.05) is 20.6 Å². The number of halogens is 1. The first-order valence-electron chi connectivity index (χ1n) is 7.32. The lowest BCUT2D eigenvalue weighted by Crippen LogP contribution is -2.36. The number of carbonyl (C=O) groups excluding carboxylic acids is 2. The summed E-state index contributed by atoms with van der Waals surface area (Å²) in [7, 11) is -0.965. The van der Waals surface area contributed by atoms with Gasteiger partial charge in [-0.1, -0.05) is 18.5 Å². The summed E-state index contributed by atoms with van der Waals surface area (Å²) < 4.78 is 30.3. The highest BCUT2D eigenvalue weighted by molar-refractivity contribution is 7.89. The average molecular weight is 377 g/mol. The van der Waals surface area contributed by atoms with Crippen molar-refractivity contribution in [3.8, 4) is 0 Å². The number of nitrogens with one attached hydrogen (secondary N) is 1. The molecule has 134 valence electrons. The molecule has 0 bridgehead atoms. The number of rotatable bonds is 7. The minimum atomic E-state index is -3.72. The van der Waals surface area contributed by atoms with Crippen LogP contribution in [-0.2, 0) is 19.6 Å². The largest absolute Gasteiger partial charge is 0.449 e. The number of carbonyl (C=O) groups is 2. The third-order valence-corrected chi connectivity index (χ3v) is 5.28. The van der Waals surface area contributed by atoms with E-state index in [9.17, 15) is 18.0 Å². The van der Waals surface area contributed by atoms with E-state index in [0.29, 0.717) is 6.54 Å². The summed E-state index contributed by atoms with van der Waals surface area (Å²) in [5, 5.41) is 2.64. The smallest absolute Gasteiger partial charge is 0.340 e. The van der Waals surface area contributed by atoms with Crippen LogP contribution in [0.2, 0.25) is 5.02 Å². The number of benzene rings is 1. The van der Waals surface area contributed by atoms with Gasteiger partial charge in [0.1, 0.15) is 0 Å². The third-order valence-electron chi connectivity index (χ3n) is 3.14. The Bertz CT molecular complexity index is 719. The summed E-state index contributed by atoms with van der Waals surface area (Å²) >= 11 is 5.96. The lowest BCUT2D eigenvalue weighted by atomic mass is 10.2. The van der Waals surface area contributed by atoms with Crippen LogP contribution in [0, 0.1) is 0 Å². The van der Waals surface area contributed by atoms with E-state index < -0.39 is 28.0 Å². The van der Waals surface area contributed by atoms with Gasteiger partial charge >= 0.3 is 5.97 Å². The van der Waals surface area contributed by atoms with Crippen molar-refractivity contribution in [3.63, 3.8) is 0 Å². The zero-order valence-corrected chi connectivity index (χ0v) is 15.6. The molecule has 1 amide bonds. The van der Waals surface area contributed by atoms with Gasteiger partial charge in [0.05, 0.1) is 15.5 Å². The fourth-order valence-electron chi connectivity index (χ4n) is 1.70. The molecule has 0 aliphatic rings. The second-order valence-electron chi connectivity index (χ2n) is 5.27. The molecule has 0 saturated carbocycles. The number of nitrogens with zero attached hydrogens (tertiary/aromatic N) is 1. The molecular weight excluding hydrogens is 356 g/mol. The molecule has 1 rings (SSSR count). The van der Waals surface area contributed by atoms with E-state index in [1.807, 2.05) is 6.92 Å². The van der Waals surface area contributed by atoms with Crippen molar-refractivity contribution in [1.82, 2.24) is 9.62 Å². The van der Waals surface area contributed by atoms with Gasteiger partial charge in [0.15, 0.2) is 6.10 Å². The molecule has 9 heteroatoms. The molecule has 7 nitrogen and oxygen atoms in total. The SMILES string of the molecule is CCCNC(=O)[C@@H](C)OC(=O)c1cc(S(=O)(=O)N(C)C)ccc1Cl. The molecule has 0 spiro atoms. The number of hydrogen-bond donors (Lipinski definition) is 1. The Morgan fingerprint density at radius 3 is 2.50 bits per heavy atom. The number of ether oxygens (including phenoxy) is 1. The molecular formula is C15H21ClN2O5S. The molecule has 0 heterocycles. The highest BCUT2D eigenvalue weighted by Gasteiger charge is 2.24. The Kier molecular flexibility index (Phi) is 7.19. The summed E-state index contributed by atoms with van der Waals surface area (Å²) in [5.74, 6) is -1.30. The maximum absolute atomic E-state index is 12.2. The van der Waals surface area contributed by atoms with E-state index in [0.717, 1.165) is 16.8 Å². The van der Waals surface area contributed by atoms with Gasteiger partial charge in [-0.2, -0.15) is 0 Å². The van der Waals surface area contributed by atoms with Crippen LogP contribution >= 0.6 is 11.6 Å². The fraction of sp³-hybridized carbons (Fsp3) is 0.467. The maximum Gasteiger partial charge on any atom is 0.340 e. The second-order valence-corrected chi connectivity index (χ2v) is 7.83. The molecule has 0 radical (unpaired) electrons. The van der Waals surface area contributed by atoms with Gasteiger partial charge in [-0.15, -0.1) is 0 Å². The van der Waals surface area contributed by atoms with E-state index in [1.54, 1.807) is 0 Å². The van der Waals surface area contributed by atoms with E-state index in [4.69, 9.17) is 16.3 Å². The van der Waals surface area contributed by atoms with Crippen molar-refractivity contribution in [1.29, 1.82) is 0 Å². The van der Waals surface area contributed by atoms with E-state index >= 15 is 0 Å². The van der Waals surface area contributed by atoms with Crippen molar-refractivity contribution in [2.45, 2.75) is 31.3 Å². The third kappa shape index (κ3) is 4.93. The number of sulfonamides is 1. The Labute approximate surface area is 147 Å². The van der Waals surface area contributed by atoms with Gasteiger partial charge in [-0.3, -0.25) is 4.79 Å². The predicted octanol–water partition coefficient (Wildman–Crippen LogP) is 1.66. The van der Waals surface area contributed by atoms with Gasteiger partial charge in [-0.25, -0.2) is 17.5 Å². The zero-order valence-electron chi connectivity index (χ0n) is 14.0. The number of hydrogen-bond acceptors (Lipinski definition) is 5. The van der Waals surface area contributed by atoms with E-state index in [-0.39, 0.29) is 15.5 Å². The molecule has 0 aromatic heterocycles. The molecule has 0 aliphatic heterocycles. The second kappa shape index (κ2) is 8.46. The first kappa shape index (κ1) is 20.4. The average Bonchev–Trinajstić information content (AvgIpc) is 2.52. The van der Waals surface area contributed by atoms with Crippen molar-refractivity contribution in [2.24, 2.45) is 0 Å². The lowest BCUT2D eigenvalue weighted by molar-refractivity contribution is -0.129. The quantitative estimate of drug-likeness (QED) is 0.730. The number of esters is 1. The minimum Gasteiger partial charge on any atom is -0.449 e. The minimum absolute atomic E-state index is 0.0406. The first-order valence-corrected chi connectivity index (χ1v) is 9.13. The van der Waals surface area contributed by atoms with Crippen molar-refractivity contribution in [3.05, 3.63) is 28.8 Å². The van der Waals surface area contributed by atoms with Crippen LogP contribution in [0.3, 0.4) is 0 Å². The van der Waals surface area contributed by atoms with Crippen LogP contribution in [0.5, 0.6) is 0 Å². The molecule has 0 saturated heterocycles. The van der Waals surface area contributed by atoms with E-state index in [1.165, 1.54) is 33.2 Å². The van der Waals surface area contributed by atoms with Gasteiger partial charge in [0, 0.05) is 20.6 Å². The molecule has 1 N–H and O–H groups in total. The van der Waals surface area contributed by atoms with Crippen molar-refractivity contribution < 1.29 is 22.7 Å². The normalized spacial score (nSPS) is 12.8. The van der Waals surface area contributed by atoms with Gasteiger partial charge in [-0.05, 0) is 31.5 Å². The van der Waals surface area contributed by atoms with Gasteiger partial charge < -0.3 is 10.1 Å². The summed E-state index contributed by atoms with van der Waals surface area (Å²) in [6.45, 7) is 3.79. The molecule has 0 aliphatic carbocycles. The Hall–Kier alpha value is -1.64. The fourth-order valence-corrected chi connectivity index (χ4v) is 2.82. The van der Waals surface area contributed by atoms with Crippen LogP contribution in [-0.4, -0.2) is 51.3 Å². The maximum atomic E-state index is 12.2. The van der Waals surface area contributed by atoms with E-state index in [2.05, 4.69) is 5.32 Å². The first-order chi connectivity index (χ1) is 11.1. The van der Waals surface area contributed by atoms with Crippen LogP contribution in [0.4, 0.5) is 0 Å². The summed E-state index contributed by atoms with van der Waals surface area (Å²) in [4.78, 5) is 23.9. The Balaban J connectivity index is 3.01. The zero-order chi connectivity index (χ0) is 18.5. The lowest BCUT2D eigenvalue weighted by Gasteiger charge is -2.15. The van der Waals surface area contributed by atoms with Gasteiger partial charge in [0.2, 0.25) is 10.0 Å². The van der Waals surface area contributed by atoms with Gasteiger partial charge in [0.25, 0.3) is 5.91 Å². The van der Waals surface area contributed by atoms with Crippen molar-refractivity contribution >= 4 is 33.5 Å². The molecule has 1 atom stereocenters. The summed E-state index contributed by atoms with van der Waals surface area (Å²) in [5.41, 5.74) is -0.116. The topological polar surface area (TPSA) is 92.8 Å². The number of amides is 1. The molecule has 0 unspecified atom stereocenters. The Morgan fingerprint density at radius 2 is 1.96 bits per heavy atom. The predicted molar refractivity (Wildman–Crippen MR) is 90.5 cm³/mol. The summed E-state index contributed by atoms with van der Waals surface area (Å²) in [6.07, 6.45) is -0.267. The Morgan fingerprint density at radius 1 is 1.33 bits per heavy atom. The van der Waals surface area contributed by atoms with Crippen LogP contribution < -0.4 is 5.32 Å². The molecule has 0 fully saturated rings. The van der Waals surface area contributed by atoms with Crippen LogP contribution in [0.1, 0.15) is 30.6 Å². The molecule has 1 aromatic carbocycles. The van der Waals surface area contributed by atoms with Crippen LogP contribution in [0.25, 0.3) is 0 Å². The highest BCUT2D eigenvalue weighted by Crippen LogP contribution is 2.23. The summed E-state index contributed by atoms with van der Waals surface area (Å²) in [6, 6.07) is 3.73. The highest BCUT2D eigenvalue weighted by atomic mass is 35.5. The molecule has 1 aromatic rings. The molecule has 24 heavy (non-hydrogen) atoms. The monoisotopic (exact) mass is 376 g/mol. The standard InChI is InChI=1S/C15H21ClN2O5S/c1-5-8-17-14(19)10(2)23-15(20)12-9-11(6-7-13(12)16)24(21,22)18(3)4/h6-7,9-10H,5,8H2,1-4H3,(H,17,19)/t10-/m1/s1.